The van der Waals surface area contributed by atoms with Crippen LogP contribution in [-0.2, 0) is 9.53 Å². The molecular weight excluding hydrogens is 372 g/mol. The van der Waals surface area contributed by atoms with Crippen molar-refractivity contribution in [3.8, 4) is 17.2 Å². The number of rotatable bonds is 13. The first-order valence-corrected chi connectivity index (χ1v) is 9.63. The average molecular weight is 400 g/mol. The van der Waals surface area contributed by atoms with Gasteiger partial charge in [0.2, 0.25) is 6.29 Å². The highest BCUT2D eigenvalue weighted by molar-refractivity contribution is 5.81. The minimum absolute atomic E-state index is 0.378. The molecule has 156 valence electrons. The van der Waals surface area contributed by atoms with Gasteiger partial charge in [0.05, 0.1) is 20.3 Å². The molecule has 0 saturated heterocycles. The zero-order chi connectivity index (χ0) is 20.9. The Hall–Kier alpha value is -2.99. The third-order valence-electron chi connectivity index (χ3n) is 4.19. The zero-order valence-corrected chi connectivity index (χ0v) is 16.7. The molecule has 0 aliphatic carbocycles. The van der Waals surface area contributed by atoms with E-state index in [0.29, 0.717) is 24.5 Å². The monoisotopic (exact) mass is 400 g/mol. The van der Waals surface area contributed by atoms with Crippen LogP contribution in [0.2, 0.25) is 0 Å². The van der Waals surface area contributed by atoms with Gasteiger partial charge < -0.3 is 24.1 Å². The predicted molar refractivity (Wildman–Crippen MR) is 110 cm³/mol. The van der Waals surface area contributed by atoms with Crippen LogP contribution in [0, 0.1) is 0 Å². The van der Waals surface area contributed by atoms with Gasteiger partial charge in [-0.2, -0.15) is 0 Å². The van der Waals surface area contributed by atoms with Gasteiger partial charge in [-0.3, -0.25) is 0 Å². The maximum Gasteiger partial charge on any atom is 0.330 e. The molecule has 6 nitrogen and oxygen atoms in total. The molecule has 6 heteroatoms. The molecule has 0 spiro atoms. The number of hydrogen-bond donors (Lipinski definition) is 1. The molecule has 0 saturated carbocycles. The Morgan fingerprint density at radius 1 is 0.931 bits per heavy atom. The van der Waals surface area contributed by atoms with Crippen molar-refractivity contribution in [2.24, 2.45) is 0 Å². The molecule has 0 amide bonds. The van der Waals surface area contributed by atoms with Gasteiger partial charge in [-0.25, -0.2) is 4.79 Å². The van der Waals surface area contributed by atoms with Crippen LogP contribution in [0.3, 0.4) is 0 Å². The lowest BCUT2D eigenvalue weighted by Gasteiger charge is -2.14. The highest BCUT2D eigenvalue weighted by atomic mass is 16.6. The molecule has 0 aliphatic rings. The van der Waals surface area contributed by atoms with Crippen molar-refractivity contribution in [2.45, 2.75) is 32.0 Å². The van der Waals surface area contributed by atoms with Crippen molar-refractivity contribution in [2.75, 3.05) is 20.3 Å². The van der Waals surface area contributed by atoms with E-state index in [-0.39, 0.29) is 5.97 Å². The Bertz CT molecular complexity index is 739. The van der Waals surface area contributed by atoms with Crippen molar-refractivity contribution >= 4 is 5.97 Å². The van der Waals surface area contributed by atoms with Gasteiger partial charge in [0.1, 0.15) is 17.2 Å². The first-order valence-electron chi connectivity index (χ1n) is 9.63. The first-order chi connectivity index (χ1) is 14.1. The molecule has 1 unspecified atom stereocenters. The second kappa shape index (κ2) is 12.5. The Balaban J connectivity index is 1.64. The molecule has 0 heterocycles. The van der Waals surface area contributed by atoms with Crippen LogP contribution in [0.5, 0.6) is 17.2 Å². The summed E-state index contributed by atoms with van der Waals surface area (Å²) in [4.78, 5) is 10.9. The molecule has 0 aliphatic heterocycles. The molecular formula is C23H28O6. The maximum absolute atomic E-state index is 10.9. The largest absolute Gasteiger partial charge is 0.497 e. The average Bonchev–Trinajstić information content (AvgIpc) is 2.76. The minimum Gasteiger partial charge on any atom is -0.497 e. The normalized spacial score (nSPS) is 11.4. The van der Waals surface area contributed by atoms with Crippen molar-refractivity contribution in [1.29, 1.82) is 0 Å². The van der Waals surface area contributed by atoms with E-state index in [1.165, 1.54) is 6.08 Å². The molecule has 0 radical (unpaired) electrons. The summed E-state index contributed by atoms with van der Waals surface area (Å²) in [6.45, 7) is 4.38. The third-order valence-corrected chi connectivity index (χ3v) is 4.19. The van der Waals surface area contributed by atoms with Crippen LogP contribution in [0.25, 0.3) is 0 Å². The Kier molecular flexibility index (Phi) is 9.59. The number of aliphatic hydroxyl groups excluding tert-OH is 1. The highest BCUT2D eigenvalue weighted by Crippen LogP contribution is 2.24. The Morgan fingerprint density at radius 2 is 1.52 bits per heavy atom. The van der Waals surface area contributed by atoms with E-state index >= 15 is 0 Å². The molecule has 2 aromatic carbocycles. The number of unbranched alkanes of at least 4 members (excludes halogenated alkanes) is 3. The molecule has 29 heavy (non-hydrogen) atoms. The van der Waals surface area contributed by atoms with E-state index in [0.717, 1.165) is 37.2 Å². The van der Waals surface area contributed by atoms with Gasteiger partial charge >= 0.3 is 5.97 Å². The van der Waals surface area contributed by atoms with Crippen molar-refractivity contribution < 1.29 is 28.8 Å². The summed E-state index contributed by atoms with van der Waals surface area (Å²) >= 11 is 0. The predicted octanol–water partition coefficient (Wildman–Crippen LogP) is 4.43. The van der Waals surface area contributed by atoms with Crippen molar-refractivity contribution in [3.63, 3.8) is 0 Å². The summed E-state index contributed by atoms with van der Waals surface area (Å²) in [5, 5.41) is 10.2. The molecule has 1 atom stereocenters. The van der Waals surface area contributed by atoms with Crippen LogP contribution in [0.1, 0.15) is 37.5 Å². The lowest BCUT2D eigenvalue weighted by atomic mass is 10.2. The highest BCUT2D eigenvalue weighted by Gasteiger charge is 2.09. The van der Waals surface area contributed by atoms with Gasteiger partial charge in [0.15, 0.2) is 0 Å². The second-order valence-corrected chi connectivity index (χ2v) is 6.35. The van der Waals surface area contributed by atoms with Gasteiger partial charge in [0.25, 0.3) is 0 Å². The van der Waals surface area contributed by atoms with Crippen LogP contribution in [-0.4, -0.2) is 31.4 Å². The summed E-state index contributed by atoms with van der Waals surface area (Å²) in [5.74, 6) is 1.64. The summed E-state index contributed by atoms with van der Waals surface area (Å²) in [7, 11) is 1.60. The van der Waals surface area contributed by atoms with Crippen LogP contribution in [0.4, 0.5) is 0 Å². The van der Waals surface area contributed by atoms with Gasteiger partial charge in [-0.05, 0) is 74.2 Å². The second-order valence-electron chi connectivity index (χ2n) is 6.35. The zero-order valence-electron chi connectivity index (χ0n) is 16.7. The van der Waals surface area contributed by atoms with Crippen LogP contribution < -0.4 is 14.2 Å². The van der Waals surface area contributed by atoms with Crippen LogP contribution in [0.15, 0.2) is 61.2 Å². The lowest BCUT2D eigenvalue weighted by molar-refractivity contribution is -0.137. The summed E-state index contributed by atoms with van der Waals surface area (Å²) < 4.78 is 21.3. The number of esters is 1. The standard InChI is InChI=1S/C23H28O6/c1-3-22(24)28-17-7-5-4-6-16-27-20-10-8-18(9-11-20)23(25)29-21-14-12-19(26-2)13-15-21/h3,8-15,23,25H,1,4-7,16-17H2,2H3. The summed E-state index contributed by atoms with van der Waals surface area (Å²) in [6, 6.07) is 14.2. The fourth-order valence-corrected chi connectivity index (χ4v) is 2.56. The number of ether oxygens (including phenoxy) is 4. The lowest BCUT2D eigenvalue weighted by Crippen LogP contribution is -2.06. The fourth-order valence-electron chi connectivity index (χ4n) is 2.56. The molecule has 2 aromatic rings. The van der Waals surface area contributed by atoms with E-state index in [2.05, 4.69) is 6.58 Å². The SMILES string of the molecule is C=CC(=O)OCCCCCCOc1ccc(C(O)Oc2ccc(OC)cc2)cc1. The molecule has 0 fully saturated rings. The van der Waals surface area contributed by atoms with E-state index in [4.69, 9.17) is 18.9 Å². The van der Waals surface area contributed by atoms with Gasteiger partial charge in [-0.1, -0.05) is 6.58 Å². The number of hydrogen-bond acceptors (Lipinski definition) is 6. The fraction of sp³-hybridized carbons (Fsp3) is 0.348. The third kappa shape index (κ3) is 8.27. The number of carbonyl (C=O) groups is 1. The molecule has 1 N–H and O–H groups in total. The van der Waals surface area contributed by atoms with E-state index in [9.17, 15) is 9.90 Å². The topological polar surface area (TPSA) is 74.2 Å². The van der Waals surface area contributed by atoms with E-state index < -0.39 is 6.29 Å². The molecule has 0 aromatic heterocycles. The maximum atomic E-state index is 10.9. The van der Waals surface area contributed by atoms with Crippen LogP contribution >= 0.6 is 0 Å². The smallest absolute Gasteiger partial charge is 0.330 e. The van der Waals surface area contributed by atoms with Gasteiger partial charge in [0, 0.05) is 11.6 Å². The summed E-state index contributed by atoms with van der Waals surface area (Å²) in [6.07, 6.45) is 3.83. The number of carbonyl (C=O) groups excluding carboxylic acids is 1. The van der Waals surface area contributed by atoms with Crippen molar-refractivity contribution in [3.05, 3.63) is 66.7 Å². The quantitative estimate of drug-likeness (QED) is 0.232. The minimum atomic E-state index is -1.06. The Morgan fingerprint density at radius 3 is 2.14 bits per heavy atom. The molecule has 2 rings (SSSR count). The number of benzene rings is 2. The molecule has 0 bridgehead atoms. The first kappa shape index (κ1) is 22.3. The van der Waals surface area contributed by atoms with E-state index in [1.807, 2.05) is 12.1 Å². The van der Waals surface area contributed by atoms with Crippen molar-refractivity contribution in [1.82, 2.24) is 0 Å². The number of methoxy groups -OCH3 is 1. The van der Waals surface area contributed by atoms with Gasteiger partial charge in [-0.15, -0.1) is 0 Å². The Labute approximate surface area is 171 Å². The summed E-state index contributed by atoms with van der Waals surface area (Å²) in [5.41, 5.74) is 0.641. The van der Waals surface area contributed by atoms with E-state index in [1.54, 1.807) is 43.5 Å². The number of aliphatic hydroxyl groups is 1.